The number of likely N-dealkylation sites (N-methyl/N-ethyl adjacent to an activating group) is 1. The van der Waals surface area contributed by atoms with Crippen LogP contribution in [0.1, 0.15) is 13.8 Å². The molecule has 19 heavy (non-hydrogen) atoms. The molecule has 0 aliphatic rings. The lowest BCUT2D eigenvalue weighted by atomic mass is 10.3. The molecule has 1 rings (SSSR count). The fourth-order valence-corrected chi connectivity index (χ4v) is 1.75. The number of carbonyl (C=O) groups excluding carboxylic acids is 1. The average Bonchev–Trinajstić information content (AvgIpc) is 2.45. The van der Waals surface area contributed by atoms with Gasteiger partial charge in [-0.2, -0.15) is 0 Å². The van der Waals surface area contributed by atoms with Crippen molar-refractivity contribution in [3.05, 3.63) is 36.9 Å². The largest absolute Gasteiger partial charge is 0.487 e. The number of nitrogens with one attached hydrogen (secondary N) is 1. The SMILES string of the molecule is C=CCOc1ccccc1NCC(=O)N(CC)CC. The van der Waals surface area contributed by atoms with E-state index in [9.17, 15) is 4.79 Å². The molecule has 0 aliphatic carbocycles. The first-order valence-electron chi connectivity index (χ1n) is 6.57. The van der Waals surface area contributed by atoms with Crippen LogP contribution in [0, 0.1) is 0 Å². The van der Waals surface area contributed by atoms with Gasteiger partial charge >= 0.3 is 0 Å². The van der Waals surface area contributed by atoms with Crippen LogP contribution in [-0.2, 0) is 4.79 Å². The van der Waals surface area contributed by atoms with Gasteiger partial charge in [-0.3, -0.25) is 4.79 Å². The summed E-state index contributed by atoms with van der Waals surface area (Å²) in [5.41, 5.74) is 0.824. The number of benzene rings is 1. The Morgan fingerprint density at radius 2 is 2.05 bits per heavy atom. The first-order valence-corrected chi connectivity index (χ1v) is 6.57. The third kappa shape index (κ3) is 4.66. The summed E-state index contributed by atoms with van der Waals surface area (Å²) >= 11 is 0. The molecular weight excluding hydrogens is 240 g/mol. The minimum absolute atomic E-state index is 0.0866. The highest BCUT2D eigenvalue weighted by atomic mass is 16.5. The lowest BCUT2D eigenvalue weighted by molar-refractivity contribution is -0.128. The van der Waals surface area contributed by atoms with Gasteiger partial charge in [0.05, 0.1) is 12.2 Å². The van der Waals surface area contributed by atoms with Gasteiger partial charge in [0.15, 0.2) is 0 Å². The minimum atomic E-state index is 0.0866. The molecule has 0 atom stereocenters. The van der Waals surface area contributed by atoms with Gasteiger partial charge in [-0.05, 0) is 26.0 Å². The van der Waals surface area contributed by atoms with Gasteiger partial charge in [-0.1, -0.05) is 24.8 Å². The standard InChI is InChI=1S/C15H22N2O2/c1-4-11-19-14-10-8-7-9-13(14)16-12-15(18)17(5-2)6-3/h4,7-10,16H,1,5-6,11-12H2,2-3H3. The van der Waals surface area contributed by atoms with Crippen molar-refractivity contribution in [3.8, 4) is 5.75 Å². The molecule has 0 aromatic heterocycles. The second-order valence-corrected chi connectivity index (χ2v) is 4.02. The van der Waals surface area contributed by atoms with Crippen LogP contribution >= 0.6 is 0 Å². The van der Waals surface area contributed by atoms with Crippen molar-refractivity contribution in [3.63, 3.8) is 0 Å². The molecule has 1 amide bonds. The van der Waals surface area contributed by atoms with Gasteiger partial charge in [0.25, 0.3) is 0 Å². The molecule has 0 bridgehead atoms. The number of hydrogen-bond donors (Lipinski definition) is 1. The van der Waals surface area contributed by atoms with Crippen molar-refractivity contribution in [2.75, 3.05) is 31.6 Å². The van der Waals surface area contributed by atoms with E-state index >= 15 is 0 Å². The van der Waals surface area contributed by atoms with Gasteiger partial charge in [-0.25, -0.2) is 0 Å². The topological polar surface area (TPSA) is 41.6 Å². The second-order valence-electron chi connectivity index (χ2n) is 4.02. The molecule has 4 heteroatoms. The van der Waals surface area contributed by atoms with E-state index < -0.39 is 0 Å². The van der Waals surface area contributed by atoms with Crippen LogP contribution in [-0.4, -0.2) is 37.0 Å². The van der Waals surface area contributed by atoms with Crippen molar-refractivity contribution in [1.29, 1.82) is 0 Å². The molecule has 0 spiro atoms. The third-order valence-corrected chi connectivity index (χ3v) is 2.79. The Kier molecular flexibility index (Phi) is 6.50. The van der Waals surface area contributed by atoms with Crippen molar-refractivity contribution in [2.24, 2.45) is 0 Å². The van der Waals surface area contributed by atoms with E-state index in [1.54, 1.807) is 11.0 Å². The number of rotatable bonds is 8. The predicted molar refractivity (Wildman–Crippen MR) is 78.6 cm³/mol. The van der Waals surface area contributed by atoms with Crippen LogP contribution in [0.15, 0.2) is 36.9 Å². The average molecular weight is 262 g/mol. The Morgan fingerprint density at radius 3 is 2.68 bits per heavy atom. The number of anilines is 1. The molecule has 0 unspecified atom stereocenters. The molecule has 104 valence electrons. The van der Waals surface area contributed by atoms with Crippen LogP contribution in [0.2, 0.25) is 0 Å². The van der Waals surface area contributed by atoms with Gasteiger partial charge in [0, 0.05) is 13.1 Å². The normalized spacial score (nSPS) is 9.79. The lowest BCUT2D eigenvalue weighted by Crippen LogP contribution is -2.35. The molecule has 0 fully saturated rings. The number of nitrogens with zero attached hydrogens (tertiary/aromatic N) is 1. The molecule has 1 N–H and O–H groups in total. The summed E-state index contributed by atoms with van der Waals surface area (Å²) in [6.07, 6.45) is 1.69. The zero-order valence-electron chi connectivity index (χ0n) is 11.7. The third-order valence-electron chi connectivity index (χ3n) is 2.79. The number of carbonyl (C=O) groups is 1. The maximum Gasteiger partial charge on any atom is 0.241 e. The Balaban J connectivity index is 2.61. The van der Waals surface area contributed by atoms with E-state index in [-0.39, 0.29) is 12.5 Å². The maximum atomic E-state index is 11.9. The fraction of sp³-hybridized carbons (Fsp3) is 0.400. The highest BCUT2D eigenvalue weighted by molar-refractivity contribution is 5.81. The smallest absolute Gasteiger partial charge is 0.241 e. The van der Waals surface area contributed by atoms with Crippen LogP contribution in [0.4, 0.5) is 5.69 Å². The molecule has 0 saturated carbocycles. The Hall–Kier alpha value is -1.97. The Morgan fingerprint density at radius 1 is 1.37 bits per heavy atom. The van der Waals surface area contributed by atoms with E-state index in [1.807, 2.05) is 38.1 Å². The Labute approximate surface area is 115 Å². The predicted octanol–water partition coefficient (Wildman–Crippen LogP) is 2.53. The summed E-state index contributed by atoms with van der Waals surface area (Å²) < 4.78 is 5.53. The van der Waals surface area contributed by atoms with E-state index in [0.29, 0.717) is 6.61 Å². The van der Waals surface area contributed by atoms with Crippen molar-refractivity contribution in [2.45, 2.75) is 13.8 Å². The van der Waals surface area contributed by atoms with Crippen LogP contribution < -0.4 is 10.1 Å². The van der Waals surface area contributed by atoms with E-state index in [4.69, 9.17) is 4.74 Å². The lowest BCUT2D eigenvalue weighted by Gasteiger charge is -2.19. The molecule has 0 heterocycles. The molecule has 0 aliphatic heterocycles. The highest BCUT2D eigenvalue weighted by Gasteiger charge is 2.10. The first kappa shape index (κ1) is 15.1. The molecule has 1 aromatic rings. The summed E-state index contributed by atoms with van der Waals surface area (Å²) in [7, 11) is 0. The zero-order chi connectivity index (χ0) is 14.1. The number of para-hydroxylation sites is 2. The number of ether oxygens (including phenoxy) is 1. The summed E-state index contributed by atoms with van der Waals surface area (Å²) in [5, 5.41) is 3.12. The first-order chi connectivity index (χ1) is 9.22. The fourth-order valence-electron chi connectivity index (χ4n) is 1.75. The van der Waals surface area contributed by atoms with Crippen LogP contribution in [0.25, 0.3) is 0 Å². The van der Waals surface area contributed by atoms with E-state index in [1.165, 1.54) is 0 Å². The Bertz CT molecular complexity index is 414. The number of amides is 1. The molecular formula is C15H22N2O2. The minimum Gasteiger partial charge on any atom is -0.487 e. The quantitative estimate of drug-likeness (QED) is 0.732. The molecule has 0 radical (unpaired) electrons. The van der Waals surface area contributed by atoms with Gasteiger partial charge in [-0.15, -0.1) is 0 Å². The summed E-state index contributed by atoms with van der Waals surface area (Å²) in [6, 6.07) is 7.57. The molecule has 4 nitrogen and oxygen atoms in total. The van der Waals surface area contributed by atoms with Crippen LogP contribution in [0.3, 0.4) is 0 Å². The highest BCUT2D eigenvalue weighted by Crippen LogP contribution is 2.23. The zero-order valence-corrected chi connectivity index (χ0v) is 11.7. The van der Waals surface area contributed by atoms with Crippen molar-refractivity contribution >= 4 is 11.6 Å². The van der Waals surface area contributed by atoms with Gasteiger partial charge < -0.3 is 15.0 Å². The van der Waals surface area contributed by atoms with Gasteiger partial charge in [0.2, 0.25) is 5.91 Å². The van der Waals surface area contributed by atoms with Crippen molar-refractivity contribution in [1.82, 2.24) is 4.90 Å². The summed E-state index contributed by atoms with van der Waals surface area (Å²) in [6.45, 7) is 9.74. The van der Waals surface area contributed by atoms with Gasteiger partial charge in [0.1, 0.15) is 12.4 Å². The van der Waals surface area contributed by atoms with Crippen LogP contribution in [0.5, 0.6) is 5.75 Å². The van der Waals surface area contributed by atoms with E-state index in [2.05, 4.69) is 11.9 Å². The second kappa shape index (κ2) is 8.19. The molecule has 1 aromatic carbocycles. The summed E-state index contributed by atoms with van der Waals surface area (Å²) in [4.78, 5) is 13.7. The molecule has 0 saturated heterocycles. The van der Waals surface area contributed by atoms with E-state index in [0.717, 1.165) is 24.5 Å². The number of hydrogen-bond acceptors (Lipinski definition) is 3. The summed E-state index contributed by atoms with van der Waals surface area (Å²) in [5.74, 6) is 0.818. The monoisotopic (exact) mass is 262 g/mol. The maximum absolute atomic E-state index is 11.9. The van der Waals surface area contributed by atoms with Crippen molar-refractivity contribution < 1.29 is 9.53 Å².